The van der Waals surface area contributed by atoms with Crippen molar-refractivity contribution in [3.63, 3.8) is 0 Å². The Morgan fingerprint density at radius 3 is 1.00 bits per heavy atom. The van der Waals surface area contributed by atoms with Gasteiger partial charge in [0.15, 0.2) is 0 Å². The summed E-state index contributed by atoms with van der Waals surface area (Å²) in [5.74, 6) is -1.87. The fraction of sp³-hybridized carbons (Fsp3) is 0.250. The molecule has 0 aromatic carbocycles. The second-order valence-electron chi connectivity index (χ2n) is 2.17. The molecule has 0 fully saturated rings. The van der Waals surface area contributed by atoms with Gasteiger partial charge in [0.25, 0.3) is 0 Å². The van der Waals surface area contributed by atoms with Gasteiger partial charge in [0.1, 0.15) is 0 Å². The van der Waals surface area contributed by atoms with Crippen LogP contribution in [0.5, 0.6) is 0 Å². The van der Waals surface area contributed by atoms with Crippen molar-refractivity contribution in [1.29, 1.82) is 0 Å². The van der Waals surface area contributed by atoms with Crippen LogP contribution in [0.3, 0.4) is 0 Å². The van der Waals surface area contributed by atoms with Crippen LogP contribution in [0.1, 0.15) is 13.8 Å². The van der Waals surface area contributed by atoms with Crippen LogP contribution in [0, 0.1) is 0 Å². The van der Waals surface area contributed by atoms with E-state index in [2.05, 4.69) is 13.2 Å². The molecule has 0 heterocycles. The predicted molar refractivity (Wildman–Crippen MR) is 44.9 cm³/mol. The molecule has 0 aliphatic rings. The number of carbonyl (C=O) groups is 2. The molecule has 78 valence electrons. The van der Waals surface area contributed by atoms with E-state index in [1.807, 2.05) is 0 Å². The largest absolute Gasteiger partial charge is 0.478 e. The van der Waals surface area contributed by atoms with Crippen molar-refractivity contribution in [2.45, 2.75) is 13.8 Å². The molecule has 4 nitrogen and oxygen atoms in total. The van der Waals surface area contributed by atoms with Crippen LogP contribution < -0.4 is 0 Å². The standard InChI is InChI=1S/2C4H6O2.Pd/c2*1-3(2)4(5)6;/h2*1H2,2H3,(H,5,6);. The quantitative estimate of drug-likeness (QED) is 0.590. The van der Waals surface area contributed by atoms with E-state index in [4.69, 9.17) is 10.2 Å². The fourth-order valence-corrected chi connectivity index (χ4v) is 0. The topological polar surface area (TPSA) is 74.6 Å². The van der Waals surface area contributed by atoms with Crippen molar-refractivity contribution in [2.24, 2.45) is 0 Å². The minimum absolute atomic E-state index is 0. The number of carboxylic acid groups (broad SMARTS) is 2. The van der Waals surface area contributed by atoms with E-state index in [1.165, 1.54) is 13.8 Å². The summed E-state index contributed by atoms with van der Waals surface area (Å²) in [6, 6.07) is 0. The van der Waals surface area contributed by atoms with Gasteiger partial charge in [-0.05, 0) is 13.8 Å². The summed E-state index contributed by atoms with van der Waals surface area (Å²) in [7, 11) is 0. The molecule has 0 atom stereocenters. The zero-order valence-electron chi connectivity index (χ0n) is 7.44. The van der Waals surface area contributed by atoms with Gasteiger partial charge < -0.3 is 10.2 Å². The second-order valence-corrected chi connectivity index (χ2v) is 2.17. The molecule has 0 unspecified atom stereocenters. The van der Waals surface area contributed by atoms with E-state index in [9.17, 15) is 9.59 Å². The third-order valence-corrected chi connectivity index (χ3v) is 0.730. The Bertz CT molecular complexity index is 172. The summed E-state index contributed by atoms with van der Waals surface area (Å²) < 4.78 is 0. The van der Waals surface area contributed by atoms with Crippen LogP contribution in [0.25, 0.3) is 0 Å². The molecule has 0 rings (SSSR count). The summed E-state index contributed by atoms with van der Waals surface area (Å²) >= 11 is 0. The molecule has 13 heavy (non-hydrogen) atoms. The molecule has 0 spiro atoms. The Morgan fingerprint density at radius 1 is 0.923 bits per heavy atom. The van der Waals surface area contributed by atoms with Gasteiger partial charge in [-0.15, -0.1) is 0 Å². The molecule has 0 saturated heterocycles. The SMILES string of the molecule is C=C(C)C(=O)O.C=C(C)C(=O)O.[Pd]. The van der Waals surface area contributed by atoms with Gasteiger partial charge in [-0.3, -0.25) is 0 Å². The monoisotopic (exact) mass is 278 g/mol. The molecule has 0 radical (unpaired) electrons. The van der Waals surface area contributed by atoms with Crippen molar-refractivity contribution >= 4 is 11.9 Å². The first kappa shape index (κ1) is 18.0. The summed E-state index contributed by atoms with van der Waals surface area (Å²) in [6.07, 6.45) is 0. The number of rotatable bonds is 2. The average molecular weight is 279 g/mol. The molecule has 0 aliphatic carbocycles. The number of hydrogen-bond acceptors (Lipinski definition) is 2. The van der Waals surface area contributed by atoms with Crippen molar-refractivity contribution < 1.29 is 40.2 Å². The van der Waals surface area contributed by atoms with E-state index in [0.29, 0.717) is 0 Å². The van der Waals surface area contributed by atoms with E-state index in [0.717, 1.165) is 0 Å². The van der Waals surface area contributed by atoms with Crippen molar-refractivity contribution in [1.82, 2.24) is 0 Å². The maximum atomic E-state index is 9.60. The predicted octanol–water partition coefficient (Wildman–Crippen LogP) is 1.29. The third kappa shape index (κ3) is 18.2. The average Bonchev–Trinajstić information content (AvgIpc) is 1.88. The summed E-state index contributed by atoms with van der Waals surface area (Å²) in [6.45, 7) is 9.20. The maximum absolute atomic E-state index is 9.60. The number of aliphatic carboxylic acids is 2. The van der Waals surface area contributed by atoms with Gasteiger partial charge >= 0.3 is 11.9 Å². The molecule has 5 heteroatoms. The van der Waals surface area contributed by atoms with Crippen molar-refractivity contribution in [3.05, 3.63) is 24.3 Å². The van der Waals surface area contributed by atoms with Crippen LogP contribution in [0.15, 0.2) is 24.3 Å². The van der Waals surface area contributed by atoms with E-state index in [1.54, 1.807) is 0 Å². The Balaban J connectivity index is -0.000000143. The molecule has 0 aromatic heterocycles. The molecule has 0 saturated carbocycles. The second kappa shape index (κ2) is 9.17. The Kier molecular flexibility index (Phi) is 12.7. The van der Waals surface area contributed by atoms with Gasteiger partial charge in [-0.25, -0.2) is 9.59 Å². The van der Waals surface area contributed by atoms with Crippen LogP contribution >= 0.6 is 0 Å². The van der Waals surface area contributed by atoms with Crippen molar-refractivity contribution in [3.8, 4) is 0 Å². The first-order chi connectivity index (χ1) is 5.29. The van der Waals surface area contributed by atoms with Crippen LogP contribution in [-0.4, -0.2) is 22.2 Å². The molecular formula is C8H12O4Pd. The van der Waals surface area contributed by atoms with Crippen LogP contribution in [0.2, 0.25) is 0 Å². The van der Waals surface area contributed by atoms with E-state index < -0.39 is 11.9 Å². The number of carboxylic acids is 2. The fourth-order valence-electron chi connectivity index (χ4n) is 0. The molecule has 0 aromatic rings. The summed E-state index contributed by atoms with van der Waals surface area (Å²) in [4.78, 5) is 19.2. The van der Waals surface area contributed by atoms with E-state index in [-0.39, 0.29) is 31.6 Å². The van der Waals surface area contributed by atoms with Gasteiger partial charge in [0.2, 0.25) is 0 Å². The number of hydrogen-bond donors (Lipinski definition) is 2. The minimum atomic E-state index is -0.935. The summed E-state index contributed by atoms with van der Waals surface area (Å²) in [5, 5.41) is 15.8. The molecule has 2 N–H and O–H groups in total. The van der Waals surface area contributed by atoms with Gasteiger partial charge in [-0.1, -0.05) is 13.2 Å². The van der Waals surface area contributed by atoms with Crippen LogP contribution in [-0.2, 0) is 30.0 Å². The molecule has 0 bridgehead atoms. The van der Waals surface area contributed by atoms with Gasteiger partial charge in [0, 0.05) is 31.6 Å². The normalized spacial score (nSPS) is 6.92. The molecular weight excluding hydrogens is 267 g/mol. The zero-order chi connectivity index (χ0) is 10.3. The van der Waals surface area contributed by atoms with E-state index >= 15 is 0 Å². The maximum Gasteiger partial charge on any atom is 0.330 e. The van der Waals surface area contributed by atoms with Gasteiger partial charge in [0.05, 0.1) is 0 Å². The first-order valence-electron chi connectivity index (χ1n) is 3.06. The van der Waals surface area contributed by atoms with Crippen LogP contribution in [0.4, 0.5) is 0 Å². The molecule has 0 aliphatic heterocycles. The first-order valence-corrected chi connectivity index (χ1v) is 3.06. The Labute approximate surface area is 90.6 Å². The minimum Gasteiger partial charge on any atom is -0.478 e. The summed E-state index contributed by atoms with van der Waals surface area (Å²) in [5.41, 5.74) is 0.352. The zero-order valence-corrected chi connectivity index (χ0v) is 9.00. The smallest absolute Gasteiger partial charge is 0.330 e. The Hall–Kier alpha value is -0.918. The molecule has 0 amide bonds. The third-order valence-electron chi connectivity index (χ3n) is 0.730. The van der Waals surface area contributed by atoms with Crippen molar-refractivity contribution in [2.75, 3.05) is 0 Å². The van der Waals surface area contributed by atoms with Gasteiger partial charge in [-0.2, -0.15) is 0 Å². The Morgan fingerprint density at radius 2 is 1.00 bits per heavy atom.